The molecule has 1 N–H and O–H groups in total. The Morgan fingerprint density at radius 3 is 2.44 bits per heavy atom. The molecule has 2 aromatic rings. The third kappa shape index (κ3) is 3.04. The molecule has 1 aromatic heterocycles. The molecule has 25 heavy (non-hydrogen) atoms. The molecular formula is C20H25N3O2. The number of nitrogens with zero attached hydrogens (tertiary/aromatic N) is 2. The van der Waals surface area contributed by atoms with Gasteiger partial charge in [0.15, 0.2) is 0 Å². The van der Waals surface area contributed by atoms with Crippen LogP contribution in [0.25, 0.3) is 11.3 Å². The third-order valence-corrected chi connectivity index (χ3v) is 5.71. The summed E-state index contributed by atoms with van der Waals surface area (Å²) < 4.78 is 7.18. The lowest BCUT2D eigenvalue weighted by Crippen LogP contribution is -2.57. The number of hydrogen-bond acceptors (Lipinski definition) is 3. The second-order valence-corrected chi connectivity index (χ2v) is 7.11. The lowest BCUT2D eigenvalue weighted by atomic mass is 9.84. The predicted octanol–water partition coefficient (Wildman–Crippen LogP) is 2.52. The number of methoxy groups -OCH3 is 1. The Morgan fingerprint density at radius 1 is 1.12 bits per heavy atom. The number of ether oxygens (including phenoxy) is 1. The number of piperidine rings is 3. The van der Waals surface area contributed by atoms with Crippen LogP contribution in [0.4, 0.5) is 0 Å². The van der Waals surface area contributed by atoms with Crippen LogP contribution in [0.2, 0.25) is 0 Å². The first-order chi connectivity index (χ1) is 12.2. The highest BCUT2D eigenvalue weighted by molar-refractivity contribution is 5.94. The van der Waals surface area contributed by atoms with Gasteiger partial charge in [0, 0.05) is 25.3 Å². The van der Waals surface area contributed by atoms with Gasteiger partial charge in [0.25, 0.3) is 5.91 Å². The van der Waals surface area contributed by atoms with E-state index >= 15 is 0 Å². The molecular weight excluding hydrogens is 314 g/mol. The van der Waals surface area contributed by atoms with Gasteiger partial charge in [-0.15, -0.1) is 0 Å². The average Bonchev–Trinajstić information content (AvgIpc) is 3.04. The molecule has 0 radical (unpaired) electrons. The maximum absolute atomic E-state index is 12.8. The summed E-state index contributed by atoms with van der Waals surface area (Å²) in [7, 11) is 3.61. The van der Waals surface area contributed by atoms with E-state index in [1.165, 1.54) is 25.9 Å². The van der Waals surface area contributed by atoms with E-state index < -0.39 is 0 Å². The Kier molecular flexibility index (Phi) is 4.25. The van der Waals surface area contributed by atoms with E-state index in [0.29, 0.717) is 11.6 Å². The highest BCUT2D eigenvalue weighted by atomic mass is 16.5. The molecule has 1 atom stereocenters. The molecule has 5 heteroatoms. The maximum Gasteiger partial charge on any atom is 0.268 e. The Balaban J connectivity index is 1.51. The summed E-state index contributed by atoms with van der Waals surface area (Å²) in [6.45, 7) is 3.36. The van der Waals surface area contributed by atoms with Crippen molar-refractivity contribution in [3.63, 3.8) is 0 Å². The van der Waals surface area contributed by atoms with Gasteiger partial charge in [-0.3, -0.25) is 4.79 Å². The molecule has 3 saturated heterocycles. The minimum atomic E-state index is 0.0287. The number of aromatic nitrogens is 1. The second kappa shape index (κ2) is 6.56. The van der Waals surface area contributed by atoms with E-state index in [0.717, 1.165) is 23.6 Å². The largest absolute Gasteiger partial charge is 0.497 e. The van der Waals surface area contributed by atoms with Crippen molar-refractivity contribution in [1.29, 1.82) is 0 Å². The molecule has 3 aliphatic rings. The number of amides is 1. The number of rotatable bonds is 4. The van der Waals surface area contributed by atoms with Crippen LogP contribution < -0.4 is 10.1 Å². The zero-order valence-corrected chi connectivity index (χ0v) is 14.9. The van der Waals surface area contributed by atoms with Crippen LogP contribution in [0.3, 0.4) is 0 Å². The van der Waals surface area contributed by atoms with Crippen molar-refractivity contribution in [1.82, 2.24) is 14.8 Å². The summed E-state index contributed by atoms with van der Waals surface area (Å²) in [5.74, 6) is 1.49. The first-order valence-electron chi connectivity index (χ1n) is 8.99. The Hall–Kier alpha value is -2.27. The molecule has 2 bridgehead atoms. The van der Waals surface area contributed by atoms with Crippen LogP contribution in [0, 0.1) is 5.92 Å². The molecule has 5 rings (SSSR count). The quantitative estimate of drug-likeness (QED) is 0.931. The second-order valence-electron chi connectivity index (χ2n) is 7.11. The van der Waals surface area contributed by atoms with Gasteiger partial charge in [-0.2, -0.15) is 0 Å². The zero-order valence-electron chi connectivity index (χ0n) is 14.9. The standard InChI is InChI=1S/C20H25N3O2/c1-22-18(15-3-5-16(25-2)6-4-15)7-8-19(22)20(24)21-17-13-23-11-9-14(17)10-12-23/h3-8,14,17H,9-13H2,1-2H3,(H,21,24)/t17-/m0/s1. The van der Waals surface area contributed by atoms with Crippen LogP contribution in [0.1, 0.15) is 23.3 Å². The van der Waals surface area contributed by atoms with Crippen LogP contribution in [0.5, 0.6) is 5.75 Å². The third-order valence-electron chi connectivity index (χ3n) is 5.71. The molecule has 3 aliphatic heterocycles. The van der Waals surface area contributed by atoms with Gasteiger partial charge in [0.05, 0.1) is 7.11 Å². The summed E-state index contributed by atoms with van der Waals surface area (Å²) in [5.41, 5.74) is 2.81. The molecule has 0 saturated carbocycles. The van der Waals surface area contributed by atoms with Crippen LogP contribution in [-0.2, 0) is 7.05 Å². The number of carbonyl (C=O) groups excluding carboxylic acids is 1. The first-order valence-corrected chi connectivity index (χ1v) is 8.99. The minimum absolute atomic E-state index is 0.0287. The Morgan fingerprint density at radius 2 is 1.84 bits per heavy atom. The van der Waals surface area contributed by atoms with E-state index in [2.05, 4.69) is 10.2 Å². The molecule has 0 spiro atoms. The van der Waals surface area contributed by atoms with E-state index in [4.69, 9.17) is 4.74 Å². The van der Waals surface area contributed by atoms with Crippen LogP contribution in [-0.4, -0.2) is 48.2 Å². The van der Waals surface area contributed by atoms with Crippen molar-refractivity contribution in [3.8, 4) is 17.0 Å². The summed E-state index contributed by atoms with van der Waals surface area (Å²) in [5, 5.41) is 3.27. The summed E-state index contributed by atoms with van der Waals surface area (Å²) >= 11 is 0. The van der Waals surface area contributed by atoms with E-state index in [1.54, 1.807) is 7.11 Å². The van der Waals surface area contributed by atoms with Gasteiger partial charge < -0.3 is 19.5 Å². The molecule has 4 heterocycles. The predicted molar refractivity (Wildman–Crippen MR) is 97.8 cm³/mol. The number of fused-ring (bicyclic) bond motifs is 3. The van der Waals surface area contributed by atoms with Gasteiger partial charge in [-0.25, -0.2) is 0 Å². The van der Waals surface area contributed by atoms with Crippen LogP contribution >= 0.6 is 0 Å². The van der Waals surface area contributed by atoms with E-state index in [9.17, 15) is 4.79 Å². The van der Waals surface area contributed by atoms with Crippen LogP contribution in [0.15, 0.2) is 36.4 Å². The first kappa shape index (κ1) is 16.2. The lowest BCUT2D eigenvalue weighted by molar-refractivity contribution is 0.0616. The molecule has 1 amide bonds. The fourth-order valence-electron chi connectivity index (χ4n) is 4.16. The molecule has 3 fully saturated rings. The lowest BCUT2D eigenvalue weighted by Gasteiger charge is -2.44. The van der Waals surface area contributed by atoms with Gasteiger partial charge in [-0.05, 0) is 73.8 Å². The minimum Gasteiger partial charge on any atom is -0.497 e. The monoisotopic (exact) mass is 339 g/mol. The van der Waals surface area contributed by atoms with Gasteiger partial charge in [0.2, 0.25) is 0 Å². The van der Waals surface area contributed by atoms with Crippen molar-refractivity contribution >= 4 is 5.91 Å². The molecule has 0 unspecified atom stereocenters. The zero-order chi connectivity index (χ0) is 17.4. The smallest absolute Gasteiger partial charge is 0.268 e. The maximum atomic E-state index is 12.8. The van der Waals surface area contributed by atoms with Crippen molar-refractivity contribution in [3.05, 3.63) is 42.1 Å². The van der Waals surface area contributed by atoms with Crippen molar-refractivity contribution in [2.45, 2.75) is 18.9 Å². The number of hydrogen-bond donors (Lipinski definition) is 1. The summed E-state index contributed by atoms with van der Waals surface area (Å²) in [4.78, 5) is 15.2. The normalized spacial score (nSPS) is 25.0. The molecule has 1 aromatic carbocycles. The molecule has 132 valence electrons. The van der Waals surface area contributed by atoms with Gasteiger partial charge in [-0.1, -0.05) is 0 Å². The van der Waals surface area contributed by atoms with E-state index in [-0.39, 0.29) is 11.9 Å². The average molecular weight is 339 g/mol. The molecule has 5 nitrogen and oxygen atoms in total. The van der Waals surface area contributed by atoms with Gasteiger partial charge in [0.1, 0.15) is 11.4 Å². The summed E-state index contributed by atoms with van der Waals surface area (Å²) in [6, 6.07) is 12.1. The SMILES string of the molecule is COc1ccc(-c2ccc(C(=O)N[C@H]3CN4CCC3CC4)n2C)cc1. The van der Waals surface area contributed by atoms with Gasteiger partial charge >= 0.3 is 0 Å². The van der Waals surface area contributed by atoms with Crippen molar-refractivity contribution in [2.24, 2.45) is 13.0 Å². The topological polar surface area (TPSA) is 46.5 Å². The Labute approximate surface area is 148 Å². The fourth-order valence-corrected chi connectivity index (χ4v) is 4.16. The fraction of sp³-hybridized carbons (Fsp3) is 0.450. The number of nitrogens with one attached hydrogen (secondary N) is 1. The number of benzene rings is 1. The van der Waals surface area contributed by atoms with Crippen molar-refractivity contribution in [2.75, 3.05) is 26.7 Å². The number of carbonyl (C=O) groups is 1. The van der Waals surface area contributed by atoms with Crippen molar-refractivity contribution < 1.29 is 9.53 Å². The Bertz CT molecular complexity index is 758. The molecule has 0 aliphatic carbocycles. The highest BCUT2D eigenvalue weighted by Gasteiger charge is 2.35. The van der Waals surface area contributed by atoms with E-state index in [1.807, 2.05) is 48.0 Å². The summed E-state index contributed by atoms with van der Waals surface area (Å²) in [6.07, 6.45) is 2.41. The highest BCUT2D eigenvalue weighted by Crippen LogP contribution is 2.28.